The second kappa shape index (κ2) is 9.71. The molecule has 1 aromatic rings. The molecule has 0 bridgehead atoms. The molecule has 0 spiro atoms. The van der Waals surface area contributed by atoms with Crippen molar-refractivity contribution in [2.45, 2.75) is 33.3 Å². The second-order valence-corrected chi connectivity index (χ2v) is 6.92. The molecule has 0 radical (unpaired) electrons. The SMILES string of the molecule is C=CCN1C(=O)C(=Cc2cc(Cl)c(OC(C)CC)c(OCC)c2)C(=O)NC1=S. The Morgan fingerprint density at radius 1 is 1.36 bits per heavy atom. The summed E-state index contributed by atoms with van der Waals surface area (Å²) in [7, 11) is 0. The molecule has 28 heavy (non-hydrogen) atoms. The van der Waals surface area contributed by atoms with Crippen LogP contribution in [0.1, 0.15) is 32.8 Å². The summed E-state index contributed by atoms with van der Waals surface area (Å²) in [4.78, 5) is 26.2. The summed E-state index contributed by atoms with van der Waals surface area (Å²) < 4.78 is 11.5. The minimum atomic E-state index is -0.565. The number of ether oxygens (including phenoxy) is 2. The van der Waals surface area contributed by atoms with Gasteiger partial charge in [-0.2, -0.15) is 0 Å². The zero-order valence-electron chi connectivity index (χ0n) is 16.1. The molecule has 1 aromatic carbocycles. The lowest BCUT2D eigenvalue weighted by Gasteiger charge is -2.27. The van der Waals surface area contributed by atoms with E-state index >= 15 is 0 Å². The smallest absolute Gasteiger partial charge is 0.265 e. The number of halogens is 1. The van der Waals surface area contributed by atoms with Gasteiger partial charge in [0.1, 0.15) is 5.57 Å². The molecule has 1 aliphatic heterocycles. The summed E-state index contributed by atoms with van der Waals surface area (Å²) in [6.45, 7) is 9.99. The Hall–Kier alpha value is -2.38. The minimum absolute atomic E-state index is 0.0416. The number of nitrogens with zero attached hydrogens (tertiary/aromatic N) is 1. The molecule has 0 saturated carbocycles. The van der Waals surface area contributed by atoms with Crippen LogP contribution in [0.2, 0.25) is 5.02 Å². The van der Waals surface area contributed by atoms with Gasteiger partial charge in [0.15, 0.2) is 16.6 Å². The van der Waals surface area contributed by atoms with Gasteiger partial charge in [-0.1, -0.05) is 24.6 Å². The zero-order chi connectivity index (χ0) is 20.8. The summed E-state index contributed by atoms with van der Waals surface area (Å²) in [5.41, 5.74) is 0.486. The fourth-order valence-electron chi connectivity index (χ4n) is 2.49. The van der Waals surface area contributed by atoms with Crippen molar-refractivity contribution in [3.63, 3.8) is 0 Å². The summed E-state index contributed by atoms with van der Waals surface area (Å²) >= 11 is 11.4. The second-order valence-electron chi connectivity index (χ2n) is 6.12. The van der Waals surface area contributed by atoms with Gasteiger partial charge in [-0.25, -0.2) is 0 Å². The number of rotatable bonds is 8. The Bertz CT molecular complexity index is 838. The van der Waals surface area contributed by atoms with Gasteiger partial charge in [-0.05, 0) is 56.3 Å². The van der Waals surface area contributed by atoms with Gasteiger partial charge < -0.3 is 9.47 Å². The monoisotopic (exact) mass is 422 g/mol. The standard InChI is InChI=1S/C20H23ClN2O4S/c1-5-8-23-19(25)14(18(24)22-20(23)28)9-13-10-15(21)17(27-12(4)6-2)16(11-13)26-7-3/h5,9-12H,1,6-8H2,2-4H3,(H,22,24,28). The van der Waals surface area contributed by atoms with Crippen LogP contribution >= 0.6 is 23.8 Å². The number of hydrogen-bond acceptors (Lipinski definition) is 5. The number of carbonyl (C=O) groups excluding carboxylic acids is 2. The molecule has 0 aliphatic carbocycles. The number of carbonyl (C=O) groups is 2. The first-order valence-electron chi connectivity index (χ1n) is 8.95. The van der Waals surface area contributed by atoms with E-state index in [2.05, 4.69) is 11.9 Å². The molecule has 150 valence electrons. The first-order chi connectivity index (χ1) is 13.3. The van der Waals surface area contributed by atoms with E-state index < -0.39 is 11.8 Å². The van der Waals surface area contributed by atoms with Crippen molar-refractivity contribution >= 4 is 46.8 Å². The maximum absolute atomic E-state index is 12.7. The molecule has 2 rings (SSSR count). The van der Waals surface area contributed by atoms with Gasteiger partial charge in [-0.15, -0.1) is 6.58 Å². The lowest BCUT2D eigenvalue weighted by molar-refractivity contribution is -0.128. The fraction of sp³-hybridized carbons (Fsp3) is 0.350. The van der Waals surface area contributed by atoms with Crippen molar-refractivity contribution in [3.8, 4) is 11.5 Å². The van der Waals surface area contributed by atoms with Crippen molar-refractivity contribution < 1.29 is 19.1 Å². The van der Waals surface area contributed by atoms with Gasteiger partial charge in [0, 0.05) is 6.54 Å². The summed E-state index contributed by atoms with van der Waals surface area (Å²) in [6.07, 6.45) is 3.75. The van der Waals surface area contributed by atoms with E-state index in [1.54, 1.807) is 12.1 Å². The molecule has 8 heteroatoms. The van der Waals surface area contributed by atoms with Crippen molar-refractivity contribution in [2.75, 3.05) is 13.2 Å². The third-order valence-corrected chi connectivity index (χ3v) is 4.64. The Balaban J connectivity index is 2.46. The third kappa shape index (κ3) is 4.91. The molecule has 0 aromatic heterocycles. The molecule has 1 aliphatic rings. The molecule has 2 amide bonds. The molecule has 1 atom stereocenters. The number of thiocarbonyl (C=S) groups is 1. The zero-order valence-corrected chi connectivity index (χ0v) is 17.7. The molecule has 6 nitrogen and oxygen atoms in total. The molecule has 1 saturated heterocycles. The average Bonchev–Trinajstić information content (AvgIpc) is 2.65. The van der Waals surface area contributed by atoms with Crippen molar-refractivity contribution in [3.05, 3.63) is 40.9 Å². The van der Waals surface area contributed by atoms with Gasteiger partial charge in [-0.3, -0.25) is 19.8 Å². The summed E-state index contributed by atoms with van der Waals surface area (Å²) in [5.74, 6) is -0.176. The van der Waals surface area contributed by atoms with E-state index in [4.69, 9.17) is 33.3 Å². The Kier molecular flexibility index (Phi) is 7.60. The predicted octanol–water partition coefficient (Wildman–Crippen LogP) is 3.73. The number of benzene rings is 1. The van der Waals surface area contributed by atoms with Crippen molar-refractivity contribution in [2.24, 2.45) is 0 Å². The Morgan fingerprint density at radius 2 is 2.07 bits per heavy atom. The van der Waals surface area contributed by atoms with Crippen LogP contribution < -0.4 is 14.8 Å². The lowest BCUT2D eigenvalue weighted by Crippen LogP contribution is -2.53. The average molecular weight is 423 g/mol. The number of nitrogens with one attached hydrogen (secondary N) is 1. The number of hydrogen-bond donors (Lipinski definition) is 1. The maximum Gasteiger partial charge on any atom is 0.265 e. The van der Waals surface area contributed by atoms with Crippen LogP contribution in [0.25, 0.3) is 6.08 Å². The highest BCUT2D eigenvalue weighted by Crippen LogP contribution is 2.38. The van der Waals surface area contributed by atoms with E-state index in [1.807, 2.05) is 20.8 Å². The Morgan fingerprint density at radius 3 is 2.68 bits per heavy atom. The third-order valence-electron chi connectivity index (χ3n) is 4.03. The molecular formula is C20H23ClN2O4S. The van der Waals surface area contributed by atoms with Crippen molar-refractivity contribution in [1.82, 2.24) is 10.2 Å². The van der Waals surface area contributed by atoms with E-state index in [1.165, 1.54) is 17.1 Å². The first kappa shape index (κ1) is 21.9. The predicted molar refractivity (Wildman–Crippen MR) is 114 cm³/mol. The molecule has 1 fully saturated rings. The van der Waals surface area contributed by atoms with Crippen LogP contribution in [0.3, 0.4) is 0 Å². The largest absolute Gasteiger partial charge is 0.490 e. The topological polar surface area (TPSA) is 67.9 Å². The highest BCUT2D eigenvalue weighted by molar-refractivity contribution is 7.80. The summed E-state index contributed by atoms with van der Waals surface area (Å²) in [5, 5.41) is 2.89. The first-order valence-corrected chi connectivity index (χ1v) is 9.73. The van der Waals surface area contributed by atoms with Gasteiger partial charge in [0.25, 0.3) is 11.8 Å². The van der Waals surface area contributed by atoms with Gasteiger partial charge in [0.05, 0.1) is 17.7 Å². The van der Waals surface area contributed by atoms with Gasteiger partial charge in [0.2, 0.25) is 0 Å². The normalized spacial score (nSPS) is 16.8. The van der Waals surface area contributed by atoms with Crippen LogP contribution in [-0.2, 0) is 9.59 Å². The highest BCUT2D eigenvalue weighted by Gasteiger charge is 2.32. The quantitative estimate of drug-likeness (QED) is 0.299. The van der Waals surface area contributed by atoms with Crippen LogP contribution in [0.15, 0.2) is 30.4 Å². The molecule has 1 unspecified atom stereocenters. The molecule has 1 heterocycles. The lowest BCUT2D eigenvalue weighted by atomic mass is 10.1. The summed E-state index contributed by atoms with van der Waals surface area (Å²) in [6, 6.07) is 3.31. The van der Waals surface area contributed by atoms with Crippen LogP contribution in [0, 0.1) is 0 Å². The van der Waals surface area contributed by atoms with E-state index in [0.29, 0.717) is 28.7 Å². The van der Waals surface area contributed by atoms with E-state index in [-0.39, 0.29) is 23.3 Å². The minimum Gasteiger partial charge on any atom is -0.490 e. The molecule has 1 N–H and O–H groups in total. The van der Waals surface area contributed by atoms with Crippen molar-refractivity contribution in [1.29, 1.82) is 0 Å². The van der Waals surface area contributed by atoms with E-state index in [9.17, 15) is 9.59 Å². The van der Waals surface area contributed by atoms with Crippen LogP contribution in [0.4, 0.5) is 0 Å². The maximum atomic E-state index is 12.7. The molecular weight excluding hydrogens is 400 g/mol. The van der Waals surface area contributed by atoms with E-state index in [0.717, 1.165) is 6.42 Å². The van der Waals surface area contributed by atoms with Crippen LogP contribution in [0.5, 0.6) is 11.5 Å². The van der Waals surface area contributed by atoms with Crippen LogP contribution in [-0.4, -0.2) is 41.1 Å². The Labute approximate surface area is 175 Å². The highest BCUT2D eigenvalue weighted by atomic mass is 35.5. The number of amides is 2. The van der Waals surface area contributed by atoms with Gasteiger partial charge >= 0.3 is 0 Å². The fourth-order valence-corrected chi connectivity index (χ4v) is 3.00.